The fourth-order valence-electron chi connectivity index (χ4n) is 1.87. The molecule has 0 aliphatic heterocycles. The number of hydrogen-bond acceptors (Lipinski definition) is 4. The molecule has 1 rings (SSSR count). The van der Waals surface area contributed by atoms with Gasteiger partial charge in [0.15, 0.2) is 9.84 Å². The first-order valence-corrected chi connectivity index (χ1v) is 7.57. The van der Waals surface area contributed by atoms with Crippen molar-refractivity contribution in [1.82, 2.24) is 0 Å². The first-order chi connectivity index (χ1) is 8.58. The van der Waals surface area contributed by atoms with E-state index in [9.17, 15) is 13.2 Å². The normalized spacial score (nSPS) is 12.2. The summed E-state index contributed by atoms with van der Waals surface area (Å²) >= 11 is 0. The highest BCUT2D eigenvalue weighted by Gasteiger charge is 2.26. The van der Waals surface area contributed by atoms with Crippen molar-refractivity contribution in [2.45, 2.75) is 30.6 Å². The van der Waals surface area contributed by atoms with E-state index in [2.05, 4.69) is 0 Å². The Morgan fingerprint density at radius 2 is 1.95 bits per heavy atom. The van der Waals surface area contributed by atoms with E-state index in [1.165, 1.54) is 13.2 Å². The molecule has 0 fully saturated rings. The Bertz CT molecular complexity index is 587. The lowest BCUT2D eigenvalue weighted by atomic mass is 9.81. The van der Waals surface area contributed by atoms with Crippen LogP contribution in [0.2, 0.25) is 0 Å². The molecular weight excluding hydrogens is 268 g/mol. The molecule has 6 heteroatoms. The van der Waals surface area contributed by atoms with Crippen LogP contribution in [0, 0.1) is 0 Å². The Hall–Kier alpha value is -1.56. The van der Waals surface area contributed by atoms with Crippen LogP contribution in [0.1, 0.15) is 25.8 Å². The molecule has 0 aromatic heterocycles. The summed E-state index contributed by atoms with van der Waals surface area (Å²) in [6.07, 6.45) is 1.02. The Labute approximate surface area is 113 Å². The van der Waals surface area contributed by atoms with Crippen LogP contribution in [0.5, 0.6) is 5.75 Å². The van der Waals surface area contributed by atoms with Gasteiger partial charge in [-0.15, -0.1) is 0 Å². The van der Waals surface area contributed by atoms with Crippen LogP contribution in [-0.2, 0) is 20.0 Å². The molecule has 0 aliphatic carbocycles. The van der Waals surface area contributed by atoms with Crippen molar-refractivity contribution >= 4 is 15.8 Å². The van der Waals surface area contributed by atoms with Crippen molar-refractivity contribution in [2.24, 2.45) is 0 Å². The number of ether oxygens (including phenoxy) is 1. The number of rotatable bonds is 5. The minimum absolute atomic E-state index is 0.0750. The van der Waals surface area contributed by atoms with Gasteiger partial charge in [-0.05, 0) is 17.7 Å². The van der Waals surface area contributed by atoms with Crippen molar-refractivity contribution in [3.63, 3.8) is 0 Å². The van der Waals surface area contributed by atoms with Crippen LogP contribution >= 0.6 is 0 Å². The van der Waals surface area contributed by atoms with E-state index < -0.39 is 21.2 Å². The van der Waals surface area contributed by atoms with E-state index in [0.29, 0.717) is 5.56 Å². The number of carboxylic acid groups (broad SMARTS) is 1. The van der Waals surface area contributed by atoms with E-state index >= 15 is 0 Å². The third kappa shape index (κ3) is 3.70. The van der Waals surface area contributed by atoms with Crippen molar-refractivity contribution in [3.05, 3.63) is 23.8 Å². The maximum Gasteiger partial charge on any atom is 0.304 e. The topological polar surface area (TPSA) is 80.7 Å². The summed E-state index contributed by atoms with van der Waals surface area (Å²) < 4.78 is 28.5. The van der Waals surface area contributed by atoms with Crippen LogP contribution in [0.25, 0.3) is 0 Å². The highest BCUT2D eigenvalue weighted by Crippen LogP contribution is 2.32. The lowest BCUT2D eigenvalue weighted by Crippen LogP contribution is -2.22. The molecule has 106 valence electrons. The fraction of sp³-hybridized carbons (Fsp3) is 0.462. The van der Waals surface area contributed by atoms with E-state index in [0.717, 1.165) is 6.26 Å². The van der Waals surface area contributed by atoms with Gasteiger partial charge >= 0.3 is 5.97 Å². The van der Waals surface area contributed by atoms with Gasteiger partial charge in [0.1, 0.15) is 10.6 Å². The molecular formula is C13H18O5S. The fourth-order valence-corrected chi connectivity index (χ4v) is 2.73. The molecule has 0 unspecified atom stereocenters. The lowest BCUT2D eigenvalue weighted by molar-refractivity contribution is -0.138. The Morgan fingerprint density at radius 1 is 1.37 bits per heavy atom. The third-order valence-corrected chi connectivity index (χ3v) is 4.06. The van der Waals surface area contributed by atoms with Gasteiger partial charge in [-0.1, -0.05) is 19.9 Å². The number of methoxy groups -OCH3 is 1. The van der Waals surface area contributed by atoms with Gasteiger partial charge in [-0.2, -0.15) is 0 Å². The van der Waals surface area contributed by atoms with Gasteiger partial charge in [-0.3, -0.25) is 4.79 Å². The minimum atomic E-state index is -3.43. The van der Waals surface area contributed by atoms with Gasteiger partial charge in [0, 0.05) is 11.7 Å². The summed E-state index contributed by atoms with van der Waals surface area (Å²) in [5, 5.41) is 8.90. The third-order valence-electron chi connectivity index (χ3n) is 2.94. The van der Waals surface area contributed by atoms with Crippen molar-refractivity contribution in [3.8, 4) is 5.75 Å². The predicted octanol–water partition coefficient (Wildman–Crippen LogP) is 1.85. The quantitative estimate of drug-likeness (QED) is 0.893. The zero-order valence-corrected chi connectivity index (χ0v) is 12.2. The first kappa shape index (κ1) is 15.5. The lowest BCUT2D eigenvalue weighted by Gasteiger charge is -2.24. The highest BCUT2D eigenvalue weighted by atomic mass is 32.2. The SMILES string of the molecule is COc1ccc(C(C)(C)CC(=O)O)cc1S(C)(=O)=O. The molecule has 19 heavy (non-hydrogen) atoms. The monoisotopic (exact) mass is 286 g/mol. The molecule has 0 spiro atoms. The van der Waals surface area contributed by atoms with E-state index in [1.807, 2.05) is 0 Å². The molecule has 0 saturated carbocycles. The molecule has 1 aromatic rings. The van der Waals surface area contributed by atoms with Crippen LogP contribution in [0.4, 0.5) is 0 Å². The predicted molar refractivity (Wildman–Crippen MR) is 71.4 cm³/mol. The van der Waals surface area contributed by atoms with E-state index in [4.69, 9.17) is 9.84 Å². The van der Waals surface area contributed by atoms with E-state index in [-0.39, 0.29) is 17.1 Å². The van der Waals surface area contributed by atoms with Crippen molar-refractivity contribution < 1.29 is 23.1 Å². The maximum absolute atomic E-state index is 11.7. The van der Waals surface area contributed by atoms with Crippen LogP contribution in [-0.4, -0.2) is 32.9 Å². The molecule has 1 aromatic carbocycles. The summed E-state index contributed by atoms with van der Waals surface area (Å²) in [6.45, 7) is 3.52. The second kappa shape index (κ2) is 5.21. The first-order valence-electron chi connectivity index (χ1n) is 5.68. The second-order valence-electron chi connectivity index (χ2n) is 5.09. The number of aliphatic carboxylic acids is 1. The van der Waals surface area contributed by atoms with Crippen LogP contribution < -0.4 is 4.74 Å². The molecule has 0 aliphatic rings. The van der Waals surface area contributed by atoms with Gasteiger partial charge < -0.3 is 9.84 Å². The molecule has 0 atom stereocenters. The number of carbonyl (C=O) groups is 1. The summed E-state index contributed by atoms with van der Waals surface area (Å²) in [5.41, 5.74) is -0.00602. The zero-order chi connectivity index (χ0) is 14.8. The van der Waals surface area contributed by atoms with Gasteiger partial charge in [-0.25, -0.2) is 8.42 Å². The molecule has 0 bridgehead atoms. The number of carboxylic acids is 1. The summed E-state index contributed by atoms with van der Waals surface area (Å²) in [7, 11) is -2.03. The molecule has 0 amide bonds. The molecule has 5 nitrogen and oxygen atoms in total. The van der Waals surface area contributed by atoms with Gasteiger partial charge in [0.05, 0.1) is 13.5 Å². The summed E-state index contributed by atoms with van der Waals surface area (Å²) in [5.74, 6) is -0.668. The molecule has 1 N–H and O–H groups in total. The van der Waals surface area contributed by atoms with Crippen molar-refractivity contribution in [1.29, 1.82) is 0 Å². The Morgan fingerprint density at radius 3 is 2.37 bits per heavy atom. The maximum atomic E-state index is 11.7. The molecule has 0 saturated heterocycles. The molecule has 0 radical (unpaired) electrons. The van der Waals surface area contributed by atoms with Gasteiger partial charge in [0.25, 0.3) is 0 Å². The van der Waals surface area contributed by atoms with E-state index in [1.54, 1.807) is 26.0 Å². The average Bonchev–Trinajstić information content (AvgIpc) is 2.25. The Balaban J connectivity index is 3.37. The van der Waals surface area contributed by atoms with Crippen molar-refractivity contribution in [2.75, 3.05) is 13.4 Å². The minimum Gasteiger partial charge on any atom is -0.495 e. The summed E-state index contributed by atoms with van der Waals surface area (Å²) in [4.78, 5) is 10.9. The molecule has 0 heterocycles. The standard InChI is InChI=1S/C13H18O5S/c1-13(2,8-12(14)15)9-5-6-10(18-3)11(7-9)19(4,16)17/h5-7H,8H2,1-4H3,(H,14,15). The van der Waals surface area contributed by atoms with Crippen LogP contribution in [0.3, 0.4) is 0 Å². The summed E-state index contributed by atoms with van der Waals surface area (Å²) in [6, 6.07) is 4.73. The number of benzene rings is 1. The smallest absolute Gasteiger partial charge is 0.304 e. The van der Waals surface area contributed by atoms with Gasteiger partial charge in [0.2, 0.25) is 0 Å². The Kier molecular flexibility index (Phi) is 4.25. The number of hydrogen-bond donors (Lipinski definition) is 1. The average molecular weight is 286 g/mol. The number of sulfone groups is 1. The highest BCUT2D eigenvalue weighted by molar-refractivity contribution is 7.90. The zero-order valence-electron chi connectivity index (χ0n) is 11.4. The second-order valence-corrected chi connectivity index (χ2v) is 7.08. The largest absolute Gasteiger partial charge is 0.495 e. The van der Waals surface area contributed by atoms with Crippen LogP contribution in [0.15, 0.2) is 23.1 Å².